The predicted octanol–water partition coefficient (Wildman–Crippen LogP) is 2.61. The van der Waals surface area contributed by atoms with Crippen molar-refractivity contribution in [2.45, 2.75) is 38.3 Å². The van der Waals surface area contributed by atoms with Gasteiger partial charge in [-0.05, 0) is 45.6 Å². The minimum Gasteiger partial charge on any atom is -0.497 e. The number of ether oxygens (including phenoxy) is 2. The van der Waals surface area contributed by atoms with Crippen LogP contribution in [-0.4, -0.2) is 39.3 Å². The molecule has 114 valence electrons. The maximum Gasteiger partial charge on any atom is 0.124 e. The van der Waals surface area contributed by atoms with Gasteiger partial charge in [0.2, 0.25) is 0 Å². The first-order valence-electron chi connectivity index (χ1n) is 7.06. The fourth-order valence-corrected chi connectivity index (χ4v) is 2.78. The second-order valence-electron chi connectivity index (χ2n) is 5.62. The number of rotatable bonds is 7. The fourth-order valence-electron chi connectivity index (χ4n) is 2.78. The van der Waals surface area contributed by atoms with Crippen LogP contribution in [0.15, 0.2) is 18.2 Å². The molecule has 0 amide bonds. The summed E-state index contributed by atoms with van der Waals surface area (Å²) in [5, 5.41) is 0. The summed E-state index contributed by atoms with van der Waals surface area (Å²) < 4.78 is 10.8. The van der Waals surface area contributed by atoms with Crippen LogP contribution < -0.4 is 15.2 Å². The Bertz CT molecular complexity index is 430. The van der Waals surface area contributed by atoms with Gasteiger partial charge < -0.3 is 20.1 Å². The highest BCUT2D eigenvalue weighted by Crippen LogP contribution is 2.36. The molecule has 1 rings (SSSR count). The average molecular weight is 280 g/mol. The zero-order valence-electron chi connectivity index (χ0n) is 13.6. The van der Waals surface area contributed by atoms with Crippen molar-refractivity contribution in [3.63, 3.8) is 0 Å². The van der Waals surface area contributed by atoms with Gasteiger partial charge in [0.25, 0.3) is 0 Å². The molecule has 1 aromatic rings. The number of likely N-dealkylation sites (N-methyl/N-ethyl adjacent to an activating group) is 1. The van der Waals surface area contributed by atoms with Crippen LogP contribution in [0.25, 0.3) is 0 Å². The van der Waals surface area contributed by atoms with Gasteiger partial charge in [0.1, 0.15) is 11.5 Å². The van der Waals surface area contributed by atoms with Gasteiger partial charge in [-0.15, -0.1) is 0 Å². The molecule has 0 saturated carbocycles. The minimum absolute atomic E-state index is 0.230. The van der Waals surface area contributed by atoms with Gasteiger partial charge in [-0.3, -0.25) is 0 Å². The highest BCUT2D eigenvalue weighted by atomic mass is 16.5. The van der Waals surface area contributed by atoms with Crippen molar-refractivity contribution in [3.05, 3.63) is 23.8 Å². The van der Waals surface area contributed by atoms with E-state index in [2.05, 4.69) is 32.8 Å². The molecule has 0 heterocycles. The van der Waals surface area contributed by atoms with Crippen LogP contribution in [-0.2, 0) is 5.54 Å². The lowest BCUT2D eigenvalue weighted by molar-refractivity contribution is 0.173. The van der Waals surface area contributed by atoms with Crippen molar-refractivity contribution >= 4 is 0 Å². The fraction of sp³-hybridized carbons (Fsp3) is 0.625. The molecule has 2 atom stereocenters. The van der Waals surface area contributed by atoms with E-state index in [1.165, 1.54) is 0 Å². The summed E-state index contributed by atoms with van der Waals surface area (Å²) in [6, 6.07) is 6.01. The molecule has 20 heavy (non-hydrogen) atoms. The summed E-state index contributed by atoms with van der Waals surface area (Å²) >= 11 is 0. The molecule has 1 aromatic carbocycles. The van der Waals surface area contributed by atoms with Crippen LogP contribution in [0.1, 0.15) is 32.3 Å². The third kappa shape index (κ3) is 3.44. The van der Waals surface area contributed by atoms with Crippen LogP contribution >= 0.6 is 0 Å². The molecule has 0 saturated heterocycles. The molecule has 4 heteroatoms. The molecule has 0 aliphatic rings. The van der Waals surface area contributed by atoms with Crippen LogP contribution in [0.2, 0.25) is 0 Å². The number of nitrogens with zero attached hydrogens (tertiary/aromatic N) is 1. The highest BCUT2D eigenvalue weighted by molar-refractivity contribution is 5.45. The Morgan fingerprint density at radius 2 is 1.90 bits per heavy atom. The highest BCUT2D eigenvalue weighted by Gasteiger charge is 2.35. The monoisotopic (exact) mass is 280 g/mol. The average Bonchev–Trinajstić information content (AvgIpc) is 2.43. The van der Waals surface area contributed by atoms with E-state index in [-0.39, 0.29) is 6.04 Å². The Morgan fingerprint density at radius 1 is 1.25 bits per heavy atom. The Kier molecular flexibility index (Phi) is 5.84. The van der Waals surface area contributed by atoms with Crippen LogP contribution in [0.5, 0.6) is 11.5 Å². The second-order valence-corrected chi connectivity index (χ2v) is 5.62. The van der Waals surface area contributed by atoms with E-state index >= 15 is 0 Å². The number of hydrogen-bond donors (Lipinski definition) is 1. The van der Waals surface area contributed by atoms with Crippen LogP contribution in [0.4, 0.5) is 0 Å². The summed E-state index contributed by atoms with van der Waals surface area (Å²) in [6.45, 7) is 4.24. The summed E-state index contributed by atoms with van der Waals surface area (Å²) in [5.41, 5.74) is 7.16. The lowest BCUT2D eigenvalue weighted by atomic mass is 9.82. The zero-order valence-corrected chi connectivity index (χ0v) is 13.6. The lowest BCUT2D eigenvalue weighted by Gasteiger charge is -2.39. The number of hydrogen-bond acceptors (Lipinski definition) is 4. The molecule has 0 radical (unpaired) electrons. The first-order valence-corrected chi connectivity index (χ1v) is 7.06. The van der Waals surface area contributed by atoms with Gasteiger partial charge in [-0.2, -0.15) is 0 Å². The number of benzene rings is 1. The first kappa shape index (κ1) is 16.8. The van der Waals surface area contributed by atoms with Crippen molar-refractivity contribution in [1.82, 2.24) is 4.90 Å². The topological polar surface area (TPSA) is 47.7 Å². The standard InChI is InChI=1S/C16H28N2O2/c1-7-8-15(18(3)4)16(2,17)13-11-12(19-5)9-10-14(13)20-6/h9-11,15H,7-8,17H2,1-6H3. The molecular formula is C16H28N2O2. The van der Waals surface area contributed by atoms with E-state index in [1.807, 2.05) is 18.2 Å². The van der Waals surface area contributed by atoms with Gasteiger partial charge >= 0.3 is 0 Å². The molecule has 0 aromatic heterocycles. The lowest BCUT2D eigenvalue weighted by Crippen LogP contribution is -2.52. The Balaban J connectivity index is 3.30. The van der Waals surface area contributed by atoms with E-state index in [0.717, 1.165) is 29.9 Å². The van der Waals surface area contributed by atoms with Crippen molar-refractivity contribution in [3.8, 4) is 11.5 Å². The van der Waals surface area contributed by atoms with E-state index in [4.69, 9.17) is 15.2 Å². The van der Waals surface area contributed by atoms with E-state index in [1.54, 1.807) is 14.2 Å². The Morgan fingerprint density at radius 3 is 2.35 bits per heavy atom. The molecular weight excluding hydrogens is 252 g/mol. The Hall–Kier alpha value is -1.26. The predicted molar refractivity (Wildman–Crippen MR) is 83.5 cm³/mol. The first-order chi connectivity index (χ1) is 9.38. The van der Waals surface area contributed by atoms with Crippen molar-refractivity contribution < 1.29 is 9.47 Å². The third-order valence-corrected chi connectivity index (χ3v) is 3.86. The molecule has 0 aliphatic carbocycles. The van der Waals surface area contributed by atoms with Gasteiger partial charge in [-0.25, -0.2) is 0 Å². The maximum absolute atomic E-state index is 6.69. The second kappa shape index (κ2) is 6.95. The smallest absolute Gasteiger partial charge is 0.124 e. The molecule has 0 fully saturated rings. The summed E-state index contributed by atoms with van der Waals surface area (Å²) in [7, 11) is 7.47. The van der Waals surface area contributed by atoms with Crippen LogP contribution in [0.3, 0.4) is 0 Å². The molecule has 4 nitrogen and oxygen atoms in total. The minimum atomic E-state index is -0.514. The van der Waals surface area contributed by atoms with Gasteiger partial charge in [0, 0.05) is 11.6 Å². The quantitative estimate of drug-likeness (QED) is 0.834. The van der Waals surface area contributed by atoms with Crippen LogP contribution in [0, 0.1) is 0 Å². The maximum atomic E-state index is 6.69. The van der Waals surface area contributed by atoms with Gasteiger partial charge in [0.05, 0.1) is 19.8 Å². The molecule has 2 N–H and O–H groups in total. The SMILES string of the molecule is CCCC(N(C)C)C(C)(N)c1cc(OC)ccc1OC. The van der Waals surface area contributed by atoms with Crippen molar-refractivity contribution in [2.75, 3.05) is 28.3 Å². The molecule has 2 unspecified atom stereocenters. The summed E-state index contributed by atoms with van der Waals surface area (Å²) in [6.07, 6.45) is 2.11. The third-order valence-electron chi connectivity index (χ3n) is 3.86. The van der Waals surface area contributed by atoms with Gasteiger partial charge in [0.15, 0.2) is 0 Å². The summed E-state index contributed by atoms with van der Waals surface area (Å²) in [5.74, 6) is 1.60. The van der Waals surface area contributed by atoms with E-state index < -0.39 is 5.54 Å². The van der Waals surface area contributed by atoms with E-state index in [9.17, 15) is 0 Å². The number of nitrogens with two attached hydrogens (primary N) is 1. The Labute approximate surface area is 122 Å². The van der Waals surface area contributed by atoms with Gasteiger partial charge in [-0.1, -0.05) is 13.3 Å². The van der Waals surface area contributed by atoms with Crippen molar-refractivity contribution in [2.24, 2.45) is 5.73 Å². The molecule has 0 aliphatic heterocycles. The summed E-state index contributed by atoms with van der Waals surface area (Å²) in [4.78, 5) is 2.18. The van der Waals surface area contributed by atoms with Crippen molar-refractivity contribution in [1.29, 1.82) is 0 Å². The molecule has 0 spiro atoms. The van der Waals surface area contributed by atoms with E-state index in [0.29, 0.717) is 0 Å². The number of methoxy groups -OCH3 is 2. The largest absolute Gasteiger partial charge is 0.497 e. The normalized spacial score (nSPS) is 15.8. The zero-order chi connectivity index (χ0) is 15.3. The molecule has 0 bridgehead atoms.